The van der Waals surface area contributed by atoms with Gasteiger partial charge in [-0.1, -0.05) is 38.8 Å². The summed E-state index contributed by atoms with van der Waals surface area (Å²) in [5.74, 6) is 0.455. The van der Waals surface area contributed by atoms with Crippen LogP contribution in [0.1, 0.15) is 46.5 Å². The largest absolute Gasteiger partial charge is 0.409 e. The standard InChI is InChI=1S/C12H27N3O/c1-4-6-8-15(9-7-5-2)10-11(3)12(13)14-16/h11,16H,4-10H2,1-3H3,(H2,13,14). The molecule has 0 rings (SSSR count). The van der Waals surface area contributed by atoms with Crippen molar-refractivity contribution in [2.45, 2.75) is 46.5 Å². The summed E-state index contributed by atoms with van der Waals surface area (Å²) >= 11 is 0. The minimum absolute atomic E-state index is 0.124. The third kappa shape index (κ3) is 6.67. The summed E-state index contributed by atoms with van der Waals surface area (Å²) in [6.45, 7) is 9.50. The molecule has 0 saturated carbocycles. The fraction of sp³-hybridized carbons (Fsp3) is 0.917. The summed E-state index contributed by atoms with van der Waals surface area (Å²) in [6, 6.07) is 0. The highest BCUT2D eigenvalue weighted by Gasteiger charge is 2.12. The Hall–Kier alpha value is -0.770. The van der Waals surface area contributed by atoms with Crippen LogP contribution in [-0.2, 0) is 0 Å². The van der Waals surface area contributed by atoms with Crippen LogP contribution in [0.25, 0.3) is 0 Å². The van der Waals surface area contributed by atoms with Gasteiger partial charge in [0.15, 0.2) is 0 Å². The lowest BCUT2D eigenvalue weighted by atomic mass is 10.1. The van der Waals surface area contributed by atoms with E-state index in [-0.39, 0.29) is 5.92 Å². The maximum atomic E-state index is 8.61. The van der Waals surface area contributed by atoms with Crippen LogP contribution in [0.4, 0.5) is 0 Å². The highest BCUT2D eigenvalue weighted by molar-refractivity contribution is 5.82. The van der Waals surface area contributed by atoms with Gasteiger partial charge < -0.3 is 15.8 Å². The molecule has 0 spiro atoms. The normalized spacial score (nSPS) is 14.4. The van der Waals surface area contributed by atoms with Gasteiger partial charge in [-0.3, -0.25) is 0 Å². The second-order valence-electron chi connectivity index (χ2n) is 4.43. The predicted molar refractivity (Wildman–Crippen MR) is 68.8 cm³/mol. The first-order valence-electron chi connectivity index (χ1n) is 6.35. The molecular weight excluding hydrogens is 202 g/mol. The number of oxime groups is 1. The van der Waals surface area contributed by atoms with Crippen LogP contribution >= 0.6 is 0 Å². The van der Waals surface area contributed by atoms with Gasteiger partial charge in [0.25, 0.3) is 0 Å². The number of nitrogens with zero attached hydrogens (tertiary/aromatic N) is 2. The number of amidine groups is 1. The van der Waals surface area contributed by atoms with Crippen molar-refractivity contribution in [2.75, 3.05) is 19.6 Å². The molecule has 96 valence electrons. The van der Waals surface area contributed by atoms with E-state index in [1.54, 1.807) is 0 Å². The SMILES string of the molecule is CCCCN(CCCC)CC(C)/C(N)=N/O. The number of hydrogen-bond acceptors (Lipinski definition) is 3. The van der Waals surface area contributed by atoms with E-state index in [2.05, 4.69) is 23.9 Å². The molecule has 16 heavy (non-hydrogen) atoms. The van der Waals surface area contributed by atoms with Gasteiger partial charge in [0.2, 0.25) is 0 Å². The van der Waals surface area contributed by atoms with E-state index in [1.165, 1.54) is 25.7 Å². The first-order chi connectivity index (χ1) is 7.65. The van der Waals surface area contributed by atoms with Crippen molar-refractivity contribution in [3.05, 3.63) is 0 Å². The fourth-order valence-corrected chi connectivity index (χ4v) is 1.64. The van der Waals surface area contributed by atoms with Crippen molar-refractivity contribution in [1.82, 2.24) is 4.90 Å². The molecule has 1 atom stereocenters. The first-order valence-corrected chi connectivity index (χ1v) is 6.35. The van der Waals surface area contributed by atoms with Crippen molar-refractivity contribution >= 4 is 5.84 Å². The van der Waals surface area contributed by atoms with E-state index in [0.29, 0.717) is 5.84 Å². The van der Waals surface area contributed by atoms with Gasteiger partial charge in [-0.05, 0) is 25.9 Å². The molecule has 0 heterocycles. The molecule has 0 fully saturated rings. The minimum Gasteiger partial charge on any atom is -0.409 e. The molecule has 0 aromatic rings. The van der Waals surface area contributed by atoms with E-state index in [4.69, 9.17) is 10.9 Å². The molecular formula is C12H27N3O. The van der Waals surface area contributed by atoms with Crippen LogP contribution in [0.3, 0.4) is 0 Å². The monoisotopic (exact) mass is 229 g/mol. The summed E-state index contributed by atoms with van der Waals surface area (Å²) in [4.78, 5) is 2.41. The summed E-state index contributed by atoms with van der Waals surface area (Å²) in [5, 5.41) is 11.7. The Morgan fingerprint density at radius 3 is 2.12 bits per heavy atom. The Balaban J connectivity index is 4.07. The Bertz CT molecular complexity index is 187. The molecule has 0 aliphatic rings. The molecule has 3 N–H and O–H groups in total. The molecule has 1 unspecified atom stereocenters. The zero-order valence-corrected chi connectivity index (χ0v) is 10.9. The van der Waals surface area contributed by atoms with Crippen LogP contribution in [-0.4, -0.2) is 35.6 Å². The lowest BCUT2D eigenvalue weighted by Crippen LogP contribution is -2.36. The number of nitrogens with two attached hydrogens (primary N) is 1. The number of unbranched alkanes of at least 4 members (excludes halogenated alkanes) is 2. The topological polar surface area (TPSA) is 61.8 Å². The van der Waals surface area contributed by atoms with Crippen LogP contribution in [0, 0.1) is 5.92 Å². The summed E-state index contributed by atoms with van der Waals surface area (Å²) in [5.41, 5.74) is 5.60. The Labute approximate surface area is 99.5 Å². The van der Waals surface area contributed by atoms with E-state index < -0.39 is 0 Å². The lowest BCUT2D eigenvalue weighted by Gasteiger charge is -2.24. The second kappa shape index (κ2) is 9.46. The Morgan fingerprint density at radius 1 is 1.25 bits per heavy atom. The van der Waals surface area contributed by atoms with Gasteiger partial charge in [-0.25, -0.2) is 0 Å². The molecule has 4 nitrogen and oxygen atoms in total. The second-order valence-corrected chi connectivity index (χ2v) is 4.43. The molecule has 0 radical (unpaired) electrons. The Morgan fingerprint density at radius 2 is 1.75 bits per heavy atom. The van der Waals surface area contributed by atoms with Crippen molar-refractivity contribution in [3.8, 4) is 0 Å². The number of hydrogen-bond donors (Lipinski definition) is 2. The van der Waals surface area contributed by atoms with Gasteiger partial charge in [0.1, 0.15) is 5.84 Å². The van der Waals surface area contributed by atoms with Gasteiger partial charge in [0.05, 0.1) is 0 Å². The van der Waals surface area contributed by atoms with Crippen LogP contribution in [0.2, 0.25) is 0 Å². The summed E-state index contributed by atoms with van der Waals surface area (Å²) in [7, 11) is 0. The third-order valence-corrected chi connectivity index (χ3v) is 2.81. The van der Waals surface area contributed by atoms with Gasteiger partial charge in [-0.2, -0.15) is 0 Å². The zero-order chi connectivity index (χ0) is 12.4. The van der Waals surface area contributed by atoms with Crippen molar-refractivity contribution < 1.29 is 5.21 Å². The van der Waals surface area contributed by atoms with Gasteiger partial charge in [-0.15, -0.1) is 0 Å². The maximum absolute atomic E-state index is 8.61. The van der Waals surface area contributed by atoms with Gasteiger partial charge >= 0.3 is 0 Å². The van der Waals surface area contributed by atoms with Crippen molar-refractivity contribution in [2.24, 2.45) is 16.8 Å². The molecule has 0 bridgehead atoms. The molecule has 4 heteroatoms. The van der Waals surface area contributed by atoms with E-state index >= 15 is 0 Å². The van der Waals surface area contributed by atoms with E-state index in [9.17, 15) is 0 Å². The zero-order valence-electron chi connectivity index (χ0n) is 10.9. The highest BCUT2D eigenvalue weighted by atomic mass is 16.4. The fourth-order valence-electron chi connectivity index (χ4n) is 1.64. The smallest absolute Gasteiger partial charge is 0.143 e. The van der Waals surface area contributed by atoms with Crippen molar-refractivity contribution in [1.29, 1.82) is 0 Å². The number of rotatable bonds is 9. The average Bonchev–Trinajstić information content (AvgIpc) is 2.31. The van der Waals surface area contributed by atoms with E-state index in [1.807, 2.05) is 6.92 Å². The van der Waals surface area contributed by atoms with Crippen LogP contribution in [0.5, 0.6) is 0 Å². The van der Waals surface area contributed by atoms with Crippen LogP contribution in [0.15, 0.2) is 5.16 Å². The lowest BCUT2D eigenvalue weighted by molar-refractivity contribution is 0.246. The molecule has 0 aliphatic carbocycles. The van der Waals surface area contributed by atoms with E-state index in [0.717, 1.165) is 19.6 Å². The first kappa shape index (κ1) is 15.2. The summed E-state index contributed by atoms with van der Waals surface area (Å²) < 4.78 is 0. The van der Waals surface area contributed by atoms with Gasteiger partial charge in [0, 0.05) is 12.5 Å². The quantitative estimate of drug-likeness (QED) is 0.276. The summed E-state index contributed by atoms with van der Waals surface area (Å²) in [6.07, 6.45) is 4.85. The predicted octanol–water partition coefficient (Wildman–Crippen LogP) is 2.27. The average molecular weight is 229 g/mol. The molecule has 0 aromatic carbocycles. The Kier molecular flexibility index (Phi) is 9.00. The molecule has 0 aromatic heterocycles. The minimum atomic E-state index is 0.124. The van der Waals surface area contributed by atoms with Crippen molar-refractivity contribution in [3.63, 3.8) is 0 Å². The van der Waals surface area contributed by atoms with Crippen LogP contribution < -0.4 is 5.73 Å². The third-order valence-electron chi connectivity index (χ3n) is 2.81. The maximum Gasteiger partial charge on any atom is 0.143 e. The molecule has 0 saturated heterocycles. The highest BCUT2D eigenvalue weighted by Crippen LogP contribution is 2.04. The molecule has 0 aliphatic heterocycles. The molecule has 0 amide bonds.